The molecule has 2 aromatic rings. The monoisotopic (exact) mass is 379 g/mol. The van der Waals surface area contributed by atoms with Gasteiger partial charge in [-0.1, -0.05) is 6.92 Å². The van der Waals surface area contributed by atoms with E-state index >= 15 is 0 Å². The molecule has 0 spiro atoms. The van der Waals surface area contributed by atoms with Gasteiger partial charge < -0.3 is 0 Å². The summed E-state index contributed by atoms with van der Waals surface area (Å²) in [5.74, 6) is -1.77. The largest absolute Gasteiger partial charge is 0.283 e. The van der Waals surface area contributed by atoms with Crippen molar-refractivity contribution in [2.75, 3.05) is 0 Å². The molecule has 3 rings (SSSR count). The van der Waals surface area contributed by atoms with E-state index in [4.69, 9.17) is 0 Å². The number of sulfonamides is 1. The number of carbonyl (C=O) groups is 1. The molecule has 9 heteroatoms. The van der Waals surface area contributed by atoms with Gasteiger partial charge in [0.05, 0.1) is 5.71 Å². The van der Waals surface area contributed by atoms with E-state index < -0.39 is 21.7 Å². The first-order valence-electron chi connectivity index (χ1n) is 7.32. The molecule has 1 atom stereocenters. The molecule has 0 saturated heterocycles. The minimum absolute atomic E-state index is 0.0472. The van der Waals surface area contributed by atoms with Gasteiger partial charge in [-0.3, -0.25) is 9.78 Å². The summed E-state index contributed by atoms with van der Waals surface area (Å²) in [6.07, 6.45) is 2.91. The average molecular weight is 379 g/mol. The molecular formula is C16H14FN3O3S2. The molecule has 2 aromatic heterocycles. The molecule has 0 fully saturated rings. The highest BCUT2D eigenvalue weighted by molar-refractivity contribution is 7.92. The summed E-state index contributed by atoms with van der Waals surface area (Å²) in [6.45, 7) is 3.37. The number of hydrogen-bond donors (Lipinski definition) is 1. The van der Waals surface area contributed by atoms with Gasteiger partial charge in [-0.05, 0) is 42.1 Å². The Balaban J connectivity index is 1.85. The van der Waals surface area contributed by atoms with Gasteiger partial charge in [-0.2, -0.15) is 0 Å². The molecule has 1 aliphatic heterocycles. The molecule has 0 aromatic carbocycles. The van der Waals surface area contributed by atoms with Gasteiger partial charge in [-0.25, -0.2) is 22.5 Å². The van der Waals surface area contributed by atoms with Crippen molar-refractivity contribution < 1.29 is 17.6 Å². The highest BCUT2D eigenvalue weighted by Crippen LogP contribution is 2.24. The third kappa shape index (κ3) is 3.38. The van der Waals surface area contributed by atoms with Gasteiger partial charge in [0.15, 0.2) is 5.82 Å². The Morgan fingerprint density at radius 3 is 2.76 bits per heavy atom. The van der Waals surface area contributed by atoms with Crippen molar-refractivity contribution >= 4 is 33.0 Å². The van der Waals surface area contributed by atoms with Crippen LogP contribution >= 0.6 is 11.3 Å². The topological polar surface area (TPSA) is 88.5 Å². The third-order valence-corrected chi connectivity index (χ3v) is 6.62. The number of pyridine rings is 1. The zero-order valence-corrected chi connectivity index (χ0v) is 15.0. The minimum Gasteiger partial charge on any atom is -0.266 e. The standard InChI is InChI=1S/C16H14FN3O3S2/c1-9-5-7-24-16(9)25(22,23)20-15(21)12-8-10(2)13(19-12)14-11(17)4-3-6-18-14/h3-8,10H,1-2H3,(H,20,21). The predicted molar refractivity (Wildman–Crippen MR) is 92.4 cm³/mol. The summed E-state index contributed by atoms with van der Waals surface area (Å²) in [5, 5.41) is 1.63. The minimum atomic E-state index is -3.97. The van der Waals surface area contributed by atoms with Gasteiger partial charge in [0, 0.05) is 12.1 Å². The van der Waals surface area contributed by atoms with Gasteiger partial charge in [0.2, 0.25) is 0 Å². The highest BCUT2D eigenvalue weighted by Gasteiger charge is 2.28. The molecule has 1 N–H and O–H groups in total. The maximum atomic E-state index is 13.9. The maximum Gasteiger partial charge on any atom is 0.283 e. The Kier molecular flexibility index (Phi) is 4.53. The lowest BCUT2D eigenvalue weighted by atomic mass is 10.0. The van der Waals surface area contributed by atoms with E-state index in [1.165, 1.54) is 24.4 Å². The number of carbonyl (C=O) groups excluding carboxylic acids is 1. The Morgan fingerprint density at radius 1 is 1.36 bits per heavy atom. The van der Waals surface area contributed by atoms with Crippen molar-refractivity contribution in [1.29, 1.82) is 0 Å². The van der Waals surface area contributed by atoms with E-state index in [1.54, 1.807) is 25.3 Å². The molecule has 0 saturated carbocycles. The Labute approximate surface area is 148 Å². The van der Waals surface area contributed by atoms with Crippen LogP contribution in [0.5, 0.6) is 0 Å². The van der Waals surface area contributed by atoms with E-state index in [9.17, 15) is 17.6 Å². The normalized spacial score (nSPS) is 17.2. The summed E-state index contributed by atoms with van der Waals surface area (Å²) in [7, 11) is -3.97. The summed E-state index contributed by atoms with van der Waals surface area (Å²) in [6, 6.07) is 4.36. The fourth-order valence-electron chi connectivity index (χ4n) is 2.41. The quantitative estimate of drug-likeness (QED) is 0.884. The Morgan fingerprint density at radius 2 is 2.12 bits per heavy atom. The second-order valence-corrected chi connectivity index (χ2v) is 8.29. The van der Waals surface area contributed by atoms with Crippen LogP contribution < -0.4 is 4.72 Å². The van der Waals surface area contributed by atoms with Crippen LogP contribution in [0.1, 0.15) is 18.2 Å². The second-order valence-electron chi connectivity index (χ2n) is 5.50. The first-order chi connectivity index (χ1) is 11.8. The van der Waals surface area contributed by atoms with E-state index in [2.05, 4.69) is 9.98 Å². The van der Waals surface area contributed by atoms with Gasteiger partial charge >= 0.3 is 0 Å². The number of hydrogen-bond acceptors (Lipinski definition) is 6. The fourth-order valence-corrected chi connectivity index (χ4v) is 4.79. The number of rotatable bonds is 4. The van der Waals surface area contributed by atoms with Gasteiger partial charge in [0.1, 0.15) is 15.6 Å². The van der Waals surface area contributed by atoms with Crippen molar-refractivity contribution in [3.8, 4) is 0 Å². The van der Waals surface area contributed by atoms with Crippen LogP contribution in [-0.2, 0) is 14.8 Å². The van der Waals surface area contributed by atoms with Gasteiger partial charge in [-0.15, -0.1) is 11.3 Å². The molecule has 0 aliphatic carbocycles. The van der Waals surface area contributed by atoms with Crippen molar-refractivity contribution in [3.05, 3.63) is 58.6 Å². The van der Waals surface area contributed by atoms with Crippen molar-refractivity contribution in [2.45, 2.75) is 18.1 Å². The van der Waals surface area contributed by atoms with Crippen LogP contribution in [0, 0.1) is 18.7 Å². The summed E-state index contributed by atoms with van der Waals surface area (Å²) in [4.78, 5) is 20.3. The zero-order valence-electron chi connectivity index (χ0n) is 13.4. The van der Waals surface area contributed by atoms with Crippen LogP contribution in [-0.4, -0.2) is 25.0 Å². The molecule has 130 valence electrons. The van der Waals surface area contributed by atoms with Crippen LogP contribution in [0.4, 0.5) is 4.39 Å². The SMILES string of the molecule is Cc1ccsc1S(=O)(=O)NC(=O)C1=CC(C)C(c2ncccc2F)=N1. The number of amides is 1. The van der Waals surface area contributed by atoms with E-state index in [1.807, 2.05) is 4.72 Å². The summed E-state index contributed by atoms with van der Waals surface area (Å²) >= 11 is 1.02. The molecule has 0 radical (unpaired) electrons. The first kappa shape index (κ1) is 17.4. The molecule has 1 aliphatic rings. The molecule has 3 heterocycles. The zero-order chi connectivity index (χ0) is 18.2. The average Bonchev–Trinajstić information content (AvgIpc) is 3.14. The van der Waals surface area contributed by atoms with E-state index in [-0.39, 0.29) is 27.2 Å². The lowest BCUT2D eigenvalue weighted by Crippen LogP contribution is -2.31. The van der Waals surface area contributed by atoms with Crippen LogP contribution in [0.15, 0.2) is 50.8 Å². The van der Waals surface area contributed by atoms with E-state index in [0.717, 1.165) is 11.3 Å². The molecule has 1 unspecified atom stereocenters. The number of nitrogens with zero attached hydrogens (tertiary/aromatic N) is 2. The smallest absolute Gasteiger partial charge is 0.266 e. The third-order valence-electron chi connectivity index (χ3n) is 3.60. The van der Waals surface area contributed by atoms with Crippen LogP contribution in [0.2, 0.25) is 0 Å². The molecular weight excluding hydrogens is 365 g/mol. The number of nitrogens with one attached hydrogen (secondary N) is 1. The number of aryl methyl sites for hydroxylation is 1. The number of thiophene rings is 1. The number of allylic oxidation sites excluding steroid dienone is 1. The lowest BCUT2D eigenvalue weighted by Gasteiger charge is -2.06. The number of aromatic nitrogens is 1. The highest BCUT2D eigenvalue weighted by atomic mass is 32.2. The maximum absolute atomic E-state index is 13.9. The first-order valence-corrected chi connectivity index (χ1v) is 9.68. The number of halogens is 1. The molecule has 6 nitrogen and oxygen atoms in total. The Bertz CT molecular complexity index is 1010. The van der Waals surface area contributed by atoms with Crippen LogP contribution in [0.25, 0.3) is 0 Å². The van der Waals surface area contributed by atoms with Crippen molar-refractivity contribution in [3.63, 3.8) is 0 Å². The van der Waals surface area contributed by atoms with E-state index in [0.29, 0.717) is 5.56 Å². The predicted octanol–water partition coefficient (Wildman–Crippen LogP) is 2.42. The second kappa shape index (κ2) is 6.49. The molecule has 1 amide bonds. The van der Waals surface area contributed by atoms with Crippen molar-refractivity contribution in [1.82, 2.24) is 9.71 Å². The Hall–Kier alpha value is -2.39. The van der Waals surface area contributed by atoms with Crippen LogP contribution in [0.3, 0.4) is 0 Å². The summed E-state index contributed by atoms with van der Waals surface area (Å²) in [5.41, 5.74) is 0.808. The van der Waals surface area contributed by atoms with Gasteiger partial charge in [0.25, 0.3) is 15.9 Å². The lowest BCUT2D eigenvalue weighted by molar-refractivity contribution is -0.115. The summed E-state index contributed by atoms with van der Waals surface area (Å²) < 4.78 is 40.6. The molecule has 0 bridgehead atoms. The van der Waals surface area contributed by atoms with Crippen molar-refractivity contribution in [2.24, 2.45) is 10.9 Å². The molecule has 25 heavy (non-hydrogen) atoms. The fraction of sp³-hybridized carbons (Fsp3) is 0.188. The number of aliphatic imine (C=N–C) groups is 1.